The van der Waals surface area contributed by atoms with Crippen LogP contribution in [0.1, 0.15) is 15.9 Å². The van der Waals surface area contributed by atoms with Crippen LogP contribution in [-0.4, -0.2) is 18.1 Å². The molecule has 0 radical (unpaired) electrons. The van der Waals surface area contributed by atoms with Gasteiger partial charge in [-0.05, 0) is 24.1 Å². The van der Waals surface area contributed by atoms with E-state index in [0.29, 0.717) is 17.3 Å². The quantitative estimate of drug-likeness (QED) is 0.654. The summed E-state index contributed by atoms with van der Waals surface area (Å²) in [7, 11) is 1.28. The number of carbonyl (C=O) groups is 1. The van der Waals surface area contributed by atoms with Crippen LogP contribution >= 0.6 is 0 Å². The lowest BCUT2D eigenvalue weighted by Crippen LogP contribution is -2.03. The highest BCUT2D eigenvalue weighted by Crippen LogP contribution is 2.25. The smallest absolute Gasteiger partial charge is 0.338 e. The van der Waals surface area contributed by atoms with Crippen molar-refractivity contribution in [1.29, 1.82) is 0 Å². The van der Waals surface area contributed by atoms with Crippen LogP contribution in [0, 0.1) is 5.82 Å². The van der Waals surface area contributed by atoms with E-state index >= 15 is 0 Å². The Labute approximate surface area is 97.9 Å². The molecule has 0 aliphatic heterocycles. The molecule has 0 amide bonds. The van der Waals surface area contributed by atoms with Gasteiger partial charge in [0.25, 0.3) is 0 Å². The normalized spacial score (nSPS) is 10.5. The number of benzene rings is 1. The molecule has 88 valence electrons. The minimum atomic E-state index is -0.542. The van der Waals surface area contributed by atoms with Crippen LogP contribution in [0.2, 0.25) is 0 Å². The highest BCUT2D eigenvalue weighted by Gasteiger charge is 2.16. The predicted molar refractivity (Wildman–Crippen MR) is 63.5 cm³/mol. The average molecular weight is 233 g/mol. The summed E-state index contributed by atoms with van der Waals surface area (Å²) < 4.78 is 18.0. The molecule has 0 unspecified atom stereocenters. The van der Waals surface area contributed by atoms with Crippen molar-refractivity contribution in [3.63, 3.8) is 0 Å². The number of nitrogens with one attached hydrogen (secondary N) is 1. The number of rotatable bonds is 3. The zero-order valence-electron chi connectivity index (χ0n) is 9.42. The molecule has 0 saturated heterocycles. The van der Waals surface area contributed by atoms with E-state index in [1.165, 1.54) is 19.2 Å². The molecule has 2 rings (SSSR count). The van der Waals surface area contributed by atoms with Crippen LogP contribution in [0.15, 0.2) is 31.0 Å². The summed E-state index contributed by atoms with van der Waals surface area (Å²) in [5.74, 6) is -1.01. The van der Waals surface area contributed by atoms with Gasteiger partial charge in [0.1, 0.15) is 5.82 Å². The molecule has 17 heavy (non-hydrogen) atoms. The lowest BCUT2D eigenvalue weighted by Gasteiger charge is -2.04. The van der Waals surface area contributed by atoms with E-state index in [4.69, 9.17) is 0 Å². The Bertz CT molecular complexity index is 586. The molecule has 0 aliphatic carbocycles. The van der Waals surface area contributed by atoms with Gasteiger partial charge in [0, 0.05) is 17.1 Å². The number of aromatic nitrogens is 1. The number of halogens is 1. The molecule has 1 heterocycles. The van der Waals surface area contributed by atoms with E-state index in [9.17, 15) is 9.18 Å². The average Bonchev–Trinajstić information content (AvgIpc) is 2.71. The zero-order chi connectivity index (χ0) is 12.4. The van der Waals surface area contributed by atoms with Crippen molar-refractivity contribution >= 4 is 16.9 Å². The molecule has 1 N–H and O–H groups in total. The van der Waals surface area contributed by atoms with Crippen molar-refractivity contribution in [2.45, 2.75) is 6.42 Å². The van der Waals surface area contributed by atoms with Crippen LogP contribution in [0.3, 0.4) is 0 Å². The van der Waals surface area contributed by atoms with Crippen LogP contribution in [0.4, 0.5) is 4.39 Å². The monoisotopic (exact) mass is 233 g/mol. The van der Waals surface area contributed by atoms with Gasteiger partial charge in [-0.15, -0.1) is 6.58 Å². The molecule has 2 aromatic rings. The molecular formula is C13H12FNO2. The molecule has 0 atom stereocenters. The van der Waals surface area contributed by atoms with E-state index in [1.54, 1.807) is 12.3 Å². The molecule has 3 nitrogen and oxygen atoms in total. The van der Waals surface area contributed by atoms with Crippen LogP contribution in [-0.2, 0) is 11.2 Å². The summed E-state index contributed by atoms with van der Waals surface area (Å²) in [5.41, 5.74) is 1.72. The molecular weight excluding hydrogens is 221 g/mol. The largest absolute Gasteiger partial charge is 0.465 e. The predicted octanol–water partition coefficient (Wildman–Crippen LogP) is 2.82. The first-order chi connectivity index (χ1) is 8.17. The number of H-pyrrole nitrogens is 1. The maximum Gasteiger partial charge on any atom is 0.338 e. The van der Waals surface area contributed by atoms with Crippen molar-refractivity contribution in [2.24, 2.45) is 0 Å². The number of aromatic amines is 1. The highest BCUT2D eigenvalue weighted by molar-refractivity contribution is 6.05. The third-order valence-electron chi connectivity index (χ3n) is 2.60. The Hall–Kier alpha value is -2.10. The van der Waals surface area contributed by atoms with E-state index in [-0.39, 0.29) is 5.56 Å². The zero-order valence-corrected chi connectivity index (χ0v) is 9.42. The Morgan fingerprint density at radius 2 is 2.35 bits per heavy atom. The van der Waals surface area contributed by atoms with Gasteiger partial charge < -0.3 is 9.72 Å². The fraction of sp³-hybridized carbons (Fsp3) is 0.154. The molecule has 4 heteroatoms. The fourth-order valence-corrected chi connectivity index (χ4v) is 1.89. The second-order valence-corrected chi connectivity index (χ2v) is 3.67. The SMILES string of the molecule is C=CCc1c[nH]c2cc(F)cc(C(=O)OC)c12. The Morgan fingerprint density at radius 3 is 3.00 bits per heavy atom. The lowest BCUT2D eigenvalue weighted by atomic mass is 10.0. The summed E-state index contributed by atoms with van der Waals surface area (Å²) in [6.07, 6.45) is 4.08. The Morgan fingerprint density at radius 1 is 1.59 bits per heavy atom. The summed E-state index contributed by atoms with van der Waals surface area (Å²) in [4.78, 5) is 14.5. The molecule has 0 saturated carbocycles. The topological polar surface area (TPSA) is 42.1 Å². The van der Waals surface area contributed by atoms with Gasteiger partial charge in [-0.1, -0.05) is 6.08 Å². The van der Waals surface area contributed by atoms with E-state index < -0.39 is 11.8 Å². The van der Waals surface area contributed by atoms with Gasteiger partial charge in [0.15, 0.2) is 0 Å². The van der Waals surface area contributed by atoms with Gasteiger partial charge in [-0.2, -0.15) is 0 Å². The minimum absolute atomic E-state index is 0.237. The van der Waals surface area contributed by atoms with Gasteiger partial charge in [0.2, 0.25) is 0 Å². The van der Waals surface area contributed by atoms with Gasteiger partial charge >= 0.3 is 5.97 Å². The van der Waals surface area contributed by atoms with Gasteiger partial charge in [-0.25, -0.2) is 9.18 Å². The molecule has 0 aliphatic rings. The Balaban J connectivity index is 2.73. The van der Waals surface area contributed by atoms with E-state index in [2.05, 4.69) is 16.3 Å². The number of carbonyl (C=O) groups excluding carboxylic acids is 1. The number of ether oxygens (including phenoxy) is 1. The van der Waals surface area contributed by atoms with Gasteiger partial charge in [-0.3, -0.25) is 0 Å². The standard InChI is InChI=1S/C13H12FNO2/c1-3-4-8-7-15-11-6-9(14)5-10(12(8)11)13(16)17-2/h3,5-7,15H,1,4H2,2H3. The van der Waals surface area contributed by atoms with Crippen molar-refractivity contribution < 1.29 is 13.9 Å². The van der Waals surface area contributed by atoms with E-state index in [0.717, 1.165) is 5.56 Å². The third-order valence-corrected chi connectivity index (χ3v) is 2.60. The maximum atomic E-state index is 13.3. The number of allylic oxidation sites excluding steroid dienone is 1. The fourth-order valence-electron chi connectivity index (χ4n) is 1.89. The molecule has 1 aromatic carbocycles. The third kappa shape index (κ3) is 1.93. The maximum absolute atomic E-state index is 13.3. The summed E-state index contributed by atoms with van der Waals surface area (Å²) >= 11 is 0. The molecule has 1 aromatic heterocycles. The summed E-state index contributed by atoms with van der Waals surface area (Å²) in [5, 5.41) is 0.693. The molecule has 0 fully saturated rings. The number of esters is 1. The van der Waals surface area contributed by atoms with Gasteiger partial charge in [0.05, 0.1) is 12.7 Å². The van der Waals surface area contributed by atoms with Crippen molar-refractivity contribution in [2.75, 3.05) is 7.11 Å². The Kier molecular flexibility index (Phi) is 2.95. The number of hydrogen-bond acceptors (Lipinski definition) is 2. The van der Waals surface area contributed by atoms with Crippen molar-refractivity contribution in [3.8, 4) is 0 Å². The second kappa shape index (κ2) is 4.41. The highest BCUT2D eigenvalue weighted by atomic mass is 19.1. The first-order valence-corrected chi connectivity index (χ1v) is 5.16. The molecule has 0 bridgehead atoms. The van der Waals surface area contributed by atoms with Crippen molar-refractivity contribution in [1.82, 2.24) is 4.98 Å². The van der Waals surface area contributed by atoms with Crippen molar-refractivity contribution in [3.05, 3.63) is 47.9 Å². The summed E-state index contributed by atoms with van der Waals surface area (Å²) in [6.45, 7) is 3.65. The first-order valence-electron chi connectivity index (χ1n) is 5.16. The first kappa shape index (κ1) is 11.4. The number of hydrogen-bond donors (Lipinski definition) is 1. The van der Waals surface area contributed by atoms with E-state index in [1.807, 2.05) is 0 Å². The minimum Gasteiger partial charge on any atom is -0.465 e. The summed E-state index contributed by atoms with van der Waals surface area (Å²) in [6, 6.07) is 2.54. The van der Waals surface area contributed by atoms with Crippen LogP contribution in [0.5, 0.6) is 0 Å². The number of methoxy groups -OCH3 is 1. The number of fused-ring (bicyclic) bond motifs is 1. The molecule has 0 spiro atoms. The lowest BCUT2D eigenvalue weighted by molar-refractivity contribution is 0.0602. The van der Waals surface area contributed by atoms with Crippen LogP contribution < -0.4 is 0 Å². The second-order valence-electron chi connectivity index (χ2n) is 3.67. The van der Waals surface area contributed by atoms with Crippen LogP contribution in [0.25, 0.3) is 10.9 Å².